The lowest BCUT2D eigenvalue weighted by atomic mass is 10.2. The zero-order valence-electron chi connectivity index (χ0n) is 18.8. The average molecular weight is 530 g/mol. The summed E-state index contributed by atoms with van der Waals surface area (Å²) >= 11 is 3.97. The number of thiazole rings is 2. The number of aryl methyl sites for hydroxylation is 1. The van der Waals surface area contributed by atoms with Crippen LogP contribution in [-0.2, 0) is 20.7 Å². The predicted octanol–water partition coefficient (Wildman–Crippen LogP) is 5.01. The van der Waals surface area contributed by atoms with E-state index in [1.807, 2.05) is 13.0 Å². The smallest absolute Gasteiger partial charge is 0.311 e. The number of anilines is 1. The van der Waals surface area contributed by atoms with E-state index >= 15 is 0 Å². The highest BCUT2D eigenvalue weighted by atomic mass is 32.2. The van der Waals surface area contributed by atoms with Crippen molar-refractivity contribution in [2.45, 2.75) is 25.3 Å². The van der Waals surface area contributed by atoms with Gasteiger partial charge in [-0.05, 0) is 50.2 Å². The van der Waals surface area contributed by atoms with Gasteiger partial charge in [-0.2, -0.15) is 0 Å². The van der Waals surface area contributed by atoms with Crippen molar-refractivity contribution >= 4 is 51.4 Å². The van der Waals surface area contributed by atoms with Gasteiger partial charge in [0, 0.05) is 10.9 Å². The number of nitrogens with one attached hydrogen (secondary N) is 1. The molecule has 0 radical (unpaired) electrons. The maximum absolute atomic E-state index is 13.2. The summed E-state index contributed by atoms with van der Waals surface area (Å²) in [5.74, 6) is -0.747. The van der Waals surface area contributed by atoms with Gasteiger partial charge < -0.3 is 10.1 Å². The number of benzene rings is 1. The Hall–Kier alpha value is -3.22. The van der Waals surface area contributed by atoms with Gasteiger partial charge in [-0.25, -0.2) is 14.4 Å². The van der Waals surface area contributed by atoms with Crippen LogP contribution < -0.4 is 5.32 Å². The fraction of sp³-hybridized carbons (Fsp3) is 0.217. The second-order valence-corrected chi connectivity index (χ2v) is 10.0. The van der Waals surface area contributed by atoms with Gasteiger partial charge in [0.05, 0.1) is 35.0 Å². The zero-order valence-corrected chi connectivity index (χ0v) is 21.2. The lowest BCUT2D eigenvalue weighted by Crippen LogP contribution is -2.14. The SMILES string of the molecule is CCOC(=O)Cc1csc(NC(=O)CSc2ccc(-c3sc(-c4ccc(F)cc4)nc3C)nn2)n1. The minimum Gasteiger partial charge on any atom is -0.466 e. The minimum absolute atomic E-state index is 0.0710. The molecule has 8 nitrogen and oxygen atoms in total. The number of carbonyl (C=O) groups excluding carboxylic acids is 2. The number of thioether (sulfide) groups is 1. The first kappa shape index (κ1) is 24.9. The molecule has 4 aromatic rings. The van der Waals surface area contributed by atoms with E-state index in [-0.39, 0.29) is 29.9 Å². The summed E-state index contributed by atoms with van der Waals surface area (Å²) in [5, 5.41) is 14.8. The fourth-order valence-electron chi connectivity index (χ4n) is 2.97. The standard InChI is InChI=1S/C23H20FN5O3S3/c1-3-32-20(31)10-16-11-34-23(26-16)27-18(30)12-33-19-9-8-17(28-29-19)21-13(2)25-22(35-21)14-4-6-15(24)7-5-14/h4-9,11H,3,10,12H2,1-2H3,(H,26,27,30). The molecule has 0 saturated carbocycles. The van der Waals surface area contributed by atoms with Gasteiger partial charge in [0.25, 0.3) is 0 Å². The predicted molar refractivity (Wildman–Crippen MR) is 135 cm³/mol. The van der Waals surface area contributed by atoms with E-state index < -0.39 is 0 Å². The molecular formula is C23H20FN5O3S3. The Morgan fingerprint density at radius 2 is 1.91 bits per heavy atom. The normalized spacial score (nSPS) is 10.8. The maximum atomic E-state index is 13.2. The molecule has 0 unspecified atom stereocenters. The number of ether oxygens (including phenoxy) is 1. The van der Waals surface area contributed by atoms with Gasteiger partial charge in [0.2, 0.25) is 5.91 Å². The summed E-state index contributed by atoms with van der Waals surface area (Å²) in [4.78, 5) is 33.5. The highest BCUT2D eigenvalue weighted by molar-refractivity contribution is 7.99. The summed E-state index contributed by atoms with van der Waals surface area (Å²) in [6, 6.07) is 9.85. The van der Waals surface area contributed by atoms with Gasteiger partial charge in [-0.15, -0.1) is 32.9 Å². The molecule has 0 bridgehead atoms. The van der Waals surface area contributed by atoms with Crippen molar-refractivity contribution in [3.8, 4) is 21.1 Å². The molecule has 0 spiro atoms. The van der Waals surface area contributed by atoms with Gasteiger partial charge in [-0.3, -0.25) is 9.59 Å². The van der Waals surface area contributed by atoms with Crippen LogP contribution in [0.15, 0.2) is 46.8 Å². The van der Waals surface area contributed by atoms with Crippen LogP contribution in [0.5, 0.6) is 0 Å². The first-order chi connectivity index (χ1) is 16.9. The number of rotatable bonds is 9. The van der Waals surface area contributed by atoms with Crippen molar-refractivity contribution in [3.05, 3.63) is 59.0 Å². The summed E-state index contributed by atoms with van der Waals surface area (Å²) in [6.07, 6.45) is 0.0710. The largest absolute Gasteiger partial charge is 0.466 e. The molecule has 35 heavy (non-hydrogen) atoms. The molecule has 1 N–H and O–H groups in total. The summed E-state index contributed by atoms with van der Waals surface area (Å²) < 4.78 is 18.1. The van der Waals surface area contributed by atoms with Gasteiger partial charge in [-0.1, -0.05) is 11.8 Å². The molecule has 1 amide bonds. The van der Waals surface area contributed by atoms with Crippen LogP contribution in [-0.4, -0.2) is 44.4 Å². The third-order valence-corrected chi connectivity index (χ3v) is 7.50. The van der Waals surface area contributed by atoms with Crippen LogP contribution in [0.2, 0.25) is 0 Å². The molecule has 0 fully saturated rings. The van der Waals surface area contributed by atoms with Crippen LogP contribution in [0.3, 0.4) is 0 Å². The van der Waals surface area contributed by atoms with E-state index in [2.05, 4.69) is 25.5 Å². The molecule has 12 heteroatoms. The molecule has 0 aliphatic heterocycles. The van der Waals surface area contributed by atoms with Crippen molar-refractivity contribution in [2.75, 3.05) is 17.7 Å². The van der Waals surface area contributed by atoms with Crippen molar-refractivity contribution in [3.63, 3.8) is 0 Å². The number of esters is 1. The highest BCUT2D eigenvalue weighted by Gasteiger charge is 2.14. The molecule has 1 aromatic carbocycles. The Bertz CT molecular complexity index is 1320. The molecule has 0 atom stereocenters. The number of halogens is 1. The molecule has 3 aromatic heterocycles. The number of nitrogens with zero attached hydrogens (tertiary/aromatic N) is 4. The Morgan fingerprint density at radius 3 is 2.63 bits per heavy atom. The zero-order chi connectivity index (χ0) is 24.8. The van der Waals surface area contributed by atoms with E-state index in [4.69, 9.17) is 4.74 Å². The first-order valence-corrected chi connectivity index (χ1v) is 13.2. The van der Waals surface area contributed by atoms with E-state index in [9.17, 15) is 14.0 Å². The number of carbonyl (C=O) groups is 2. The van der Waals surface area contributed by atoms with Crippen LogP contribution in [0.4, 0.5) is 9.52 Å². The van der Waals surface area contributed by atoms with Gasteiger partial charge in [0.15, 0.2) is 5.13 Å². The Balaban J connectivity index is 1.32. The Labute approximate surface area is 213 Å². The van der Waals surface area contributed by atoms with Crippen molar-refractivity contribution in [1.29, 1.82) is 0 Å². The first-order valence-electron chi connectivity index (χ1n) is 10.5. The number of amides is 1. The molecule has 4 rings (SSSR count). The second-order valence-electron chi connectivity index (χ2n) is 7.16. The quantitative estimate of drug-likeness (QED) is 0.238. The van der Waals surface area contributed by atoms with Crippen molar-refractivity contribution < 1.29 is 18.7 Å². The van der Waals surface area contributed by atoms with Crippen LogP contribution in [0.1, 0.15) is 18.3 Å². The van der Waals surface area contributed by atoms with Gasteiger partial charge >= 0.3 is 5.97 Å². The van der Waals surface area contributed by atoms with Crippen molar-refractivity contribution in [1.82, 2.24) is 20.2 Å². The van der Waals surface area contributed by atoms with Crippen LogP contribution >= 0.6 is 34.4 Å². The molecular weight excluding hydrogens is 509 g/mol. The molecule has 180 valence electrons. The summed E-state index contributed by atoms with van der Waals surface area (Å²) in [6.45, 7) is 3.95. The fourth-order valence-corrected chi connectivity index (χ4v) is 5.35. The lowest BCUT2D eigenvalue weighted by molar-refractivity contribution is -0.142. The number of hydrogen-bond donors (Lipinski definition) is 1. The third-order valence-electron chi connectivity index (χ3n) is 4.54. The molecule has 0 saturated heterocycles. The third kappa shape index (κ3) is 6.68. The van der Waals surface area contributed by atoms with Crippen LogP contribution in [0, 0.1) is 12.7 Å². The van der Waals surface area contributed by atoms with E-state index in [0.717, 1.165) is 21.1 Å². The highest BCUT2D eigenvalue weighted by Crippen LogP contribution is 2.34. The van der Waals surface area contributed by atoms with E-state index in [1.54, 1.807) is 30.5 Å². The minimum atomic E-state index is -0.353. The second kappa shape index (κ2) is 11.5. The Kier molecular flexibility index (Phi) is 8.16. The maximum Gasteiger partial charge on any atom is 0.311 e. The average Bonchev–Trinajstić information content (AvgIpc) is 3.44. The molecule has 3 heterocycles. The molecule has 0 aliphatic carbocycles. The molecule has 0 aliphatic rings. The van der Waals surface area contributed by atoms with E-state index in [1.165, 1.54) is 46.6 Å². The lowest BCUT2D eigenvalue weighted by Gasteiger charge is -2.02. The Morgan fingerprint density at radius 1 is 1.11 bits per heavy atom. The number of aromatic nitrogens is 4. The van der Waals surface area contributed by atoms with Crippen molar-refractivity contribution in [2.24, 2.45) is 0 Å². The topological polar surface area (TPSA) is 107 Å². The van der Waals surface area contributed by atoms with Crippen LogP contribution in [0.25, 0.3) is 21.1 Å². The summed E-state index contributed by atoms with van der Waals surface area (Å²) in [5.41, 5.74) is 2.89. The van der Waals surface area contributed by atoms with E-state index in [0.29, 0.717) is 28.2 Å². The summed E-state index contributed by atoms with van der Waals surface area (Å²) in [7, 11) is 0. The van der Waals surface area contributed by atoms with Gasteiger partial charge in [0.1, 0.15) is 21.5 Å². The monoisotopic (exact) mass is 529 g/mol. The number of hydrogen-bond acceptors (Lipinski definition) is 10.